The molecule has 1 fully saturated rings. The van der Waals surface area contributed by atoms with Gasteiger partial charge >= 0.3 is 0 Å². The fraction of sp³-hybridized carbons (Fsp3) is 0.556. The molecular weight excluding hydrogens is 156 g/mol. The Kier molecular flexibility index (Phi) is 3.21. The second kappa shape index (κ2) is 3.98. The summed E-state index contributed by atoms with van der Waals surface area (Å²) in [5, 5.41) is 9.36. The van der Waals surface area contributed by atoms with Gasteiger partial charge in [-0.05, 0) is 12.8 Å². The molecule has 1 rings (SSSR count). The van der Waals surface area contributed by atoms with Crippen LogP contribution in [0.4, 0.5) is 0 Å². The average Bonchev–Trinajstić information content (AvgIpc) is 1.83. The Bertz CT molecular complexity index is 174. The van der Waals surface area contributed by atoms with Gasteiger partial charge in [-0.2, -0.15) is 11.8 Å². The smallest absolute Gasteiger partial charge is 0.0667 e. The van der Waals surface area contributed by atoms with Crippen LogP contribution in [0.2, 0.25) is 0 Å². The van der Waals surface area contributed by atoms with Crippen molar-refractivity contribution in [3.8, 4) is 0 Å². The van der Waals surface area contributed by atoms with Crippen LogP contribution in [0.1, 0.15) is 12.8 Å². The third-order valence-corrected chi connectivity index (χ3v) is 2.87. The SMILES string of the molecule is C=C1CSCC(O)CC(=C)C1. The Morgan fingerprint density at radius 1 is 1.36 bits per heavy atom. The molecule has 1 aliphatic heterocycles. The van der Waals surface area contributed by atoms with Crippen LogP contribution in [0.25, 0.3) is 0 Å². The van der Waals surface area contributed by atoms with E-state index in [4.69, 9.17) is 0 Å². The van der Waals surface area contributed by atoms with E-state index >= 15 is 0 Å². The third-order valence-electron chi connectivity index (χ3n) is 1.64. The highest BCUT2D eigenvalue weighted by molar-refractivity contribution is 7.99. The molecule has 1 unspecified atom stereocenters. The summed E-state index contributed by atoms with van der Waals surface area (Å²) in [4.78, 5) is 0. The number of hydrogen-bond donors (Lipinski definition) is 1. The highest BCUT2D eigenvalue weighted by Gasteiger charge is 2.11. The first kappa shape index (κ1) is 8.88. The van der Waals surface area contributed by atoms with Gasteiger partial charge in [0.2, 0.25) is 0 Å². The van der Waals surface area contributed by atoms with Crippen LogP contribution in [0, 0.1) is 0 Å². The molecule has 0 saturated carbocycles. The number of aliphatic hydroxyl groups excluding tert-OH is 1. The minimum Gasteiger partial charge on any atom is -0.392 e. The van der Waals surface area contributed by atoms with Gasteiger partial charge in [0.05, 0.1) is 6.10 Å². The van der Waals surface area contributed by atoms with Crippen LogP contribution in [-0.2, 0) is 0 Å². The maximum absolute atomic E-state index is 9.36. The van der Waals surface area contributed by atoms with Gasteiger partial charge in [0.25, 0.3) is 0 Å². The average molecular weight is 170 g/mol. The zero-order valence-electron chi connectivity index (χ0n) is 6.68. The molecule has 0 bridgehead atoms. The molecular formula is C9H14OS. The lowest BCUT2D eigenvalue weighted by Crippen LogP contribution is -2.14. The van der Waals surface area contributed by atoms with Crippen molar-refractivity contribution < 1.29 is 5.11 Å². The van der Waals surface area contributed by atoms with Crippen molar-refractivity contribution in [2.24, 2.45) is 0 Å². The fourth-order valence-electron chi connectivity index (χ4n) is 1.21. The highest BCUT2D eigenvalue weighted by atomic mass is 32.2. The Morgan fingerprint density at radius 2 is 2.09 bits per heavy atom. The van der Waals surface area contributed by atoms with Gasteiger partial charge in [-0.15, -0.1) is 0 Å². The molecule has 1 nitrogen and oxygen atoms in total. The van der Waals surface area contributed by atoms with Gasteiger partial charge in [0.15, 0.2) is 0 Å². The lowest BCUT2D eigenvalue weighted by Gasteiger charge is -2.17. The van der Waals surface area contributed by atoms with Gasteiger partial charge in [0, 0.05) is 11.5 Å². The maximum Gasteiger partial charge on any atom is 0.0667 e. The topological polar surface area (TPSA) is 20.2 Å². The minimum atomic E-state index is -0.194. The molecule has 0 aromatic heterocycles. The number of rotatable bonds is 0. The van der Waals surface area contributed by atoms with Crippen molar-refractivity contribution in [1.29, 1.82) is 0 Å². The first-order valence-corrected chi connectivity index (χ1v) is 4.93. The van der Waals surface area contributed by atoms with Crippen molar-refractivity contribution in [1.82, 2.24) is 0 Å². The molecule has 1 saturated heterocycles. The van der Waals surface area contributed by atoms with Gasteiger partial charge in [-0.25, -0.2) is 0 Å². The molecule has 0 aromatic carbocycles. The molecule has 1 aliphatic rings. The highest BCUT2D eigenvalue weighted by Crippen LogP contribution is 2.22. The number of thioether (sulfide) groups is 1. The van der Waals surface area contributed by atoms with Gasteiger partial charge in [-0.3, -0.25) is 0 Å². The van der Waals surface area contributed by atoms with Gasteiger partial charge < -0.3 is 5.11 Å². The van der Waals surface area contributed by atoms with E-state index in [9.17, 15) is 5.11 Å². The maximum atomic E-state index is 9.36. The van der Waals surface area contributed by atoms with Crippen LogP contribution in [-0.4, -0.2) is 22.7 Å². The Labute approximate surface area is 72.2 Å². The lowest BCUT2D eigenvalue weighted by molar-refractivity contribution is 0.199. The summed E-state index contributed by atoms with van der Waals surface area (Å²) in [6.07, 6.45) is 1.44. The van der Waals surface area contributed by atoms with Crippen LogP contribution < -0.4 is 0 Å². The number of hydrogen-bond acceptors (Lipinski definition) is 2. The van der Waals surface area contributed by atoms with E-state index in [1.807, 2.05) is 0 Å². The fourth-order valence-corrected chi connectivity index (χ4v) is 2.11. The second-order valence-corrected chi connectivity index (χ2v) is 4.08. The summed E-state index contributed by atoms with van der Waals surface area (Å²) >= 11 is 1.76. The van der Waals surface area contributed by atoms with E-state index in [0.717, 1.165) is 29.9 Å². The number of aliphatic hydroxyl groups is 1. The standard InChI is InChI=1S/C9H14OS/c1-7-3-8(2)5-11-6-9(10)4-7/h9-10H,1-6H2. The van der Waals surface area contributed by atoms with Gasteiger partial charge in [0.1, 0.15) is 0 Å². The van der Waals surface area contributed by atoms with Gasteiger partial charge in [-0.1, -0.05) is 24.3 Å². The zero-order valence-corrected chi connectivity index (χ0v) is 7.49. The summed E-state index contributed by atoms with van der Waals surface area (Å²) < 4.78 is 0. The van der Waals surface area contributed by atoms with Crippen molar-refractivity contribution >= 4 is 11.8 Å². The van der Waals surface area contributed by atoms with Crippen molar-refractivity contribution in [2.45, 2.75) is 18.9 Å². The van der Waals surface area contributed by atoms with Crippen LogP contribution >= 0.6 is 11.8 Å². The quantitative estimate of drug-likeness (QED) is 0.561. The first-order valence-electron chi connectivity index (χ1n) is 3.77. The first-order chi connectivity index (χ1) is 5.18. The van der Waals surface area contributed by atoms with Crippen LogP contribution in [0.15, 0.2) is 24.3 Å². The minimum absolute atomic E-state index is 0.194. The van der Waals surface area contributed by atoms with Crippen LogP contribution in [0.5, 0.6) is 0 Å². The Balaban J connectivity index is 2.47. The molecule has 0 spiro atoms. The lowest BCUT2D eigenvalue weighted by atomic mass is 10.0. The third kappa shape index (κ3) is 3.12. The molecule has 1 heterocycles. The largest absolute Gasteiger partial charge is 0.392 e. The van der Waals surface area contributed by atoms with E-state index in [0.29, 0.717) is 0 Å². The Morgan fingerprint density at radius 3 is 2.82 bits per heavy atom. The summed E-state index contributed by atoms with van der Waals surface area (Å²) in [5.41, 5.74) is 2.34. The van der Waals surface area contributed by atoms with Crippen molar-refractivity contribution in [3.05, 3.63) is 24.3 Å². The summed E-state index contributed by atoms with van der Waals surface area (Å²) in [6.45, 7) is 7.81. The molecule has 1 N–H and O–H groups in total. The van der Waals surface area contributed by atoms with Crippen molar-refractivity contribution in [2.75, 3.05) is 11.5 Å². The molecule has 1 atom stereocenters. The molecule has 62 valence electrons. The van der Waals surface area contributed by atoms with Crippen molar-refractivity contribution in [3.63, 3.8) is 0 Å². The predicted octanol–water partition coefficient (Wildman–Crippen LogP) is 1.99. The molecule has 0 aliphatic carbocycles. The van der Waals surface area contributed by atoms with E-state index < -0.39 is 0 Å². The van der Waals surface area contributed by atoms with E-state index in [1.165, 1.54) is 5.57 Å². The van der Waals surface area contributed by atoms with Crippen LogP contribution in [0.3, 0.4) is 0 Å². The molecule has 0 amide bonds. The molecule has 0 radical (unpaired) electrons. The summed E-state index contributed by atoms with van der Waals surface area (Å²) in [7, 11) is 0. The predicted molar refractivity (Wildman–Crippen MR) is 50.8 cm³/mol. The summed E-state index contributed by atoms with van der Waals surface area (Å²) in [5.74, 6) is 1.79. The zero-order chi connectivity index (χ0) is 8.27. The van der Waals surface area contributed by atoms with E-state index in [1.54, 1.807) is 11.8 Å². The second-order valence-electron chi connectivity index (χ2n) is 3.05. The monoisotopic (exact) mass is 170 g/mol. The molecule has 11 heavy (non-hydrogen) atoms. The normalized spacial score (nSPS) is 27.9. The van der Waals surface area contributed by atoms with E-state index in [-0.39, 0.29) is 6.10 Å². The Hall–Kier alpha value is -0.210. The molecule has 0 aromatic rings. The molecule has 2 heteroatoms. The van der Waals surface area contributed by atoms with E-state index in [2.05, 4.69) is 13.2 Å². The summed E-state index contributed by atoms with van der Waals surface area (Å²) in [6, 6.07) is 0.